The second-order valence-corrected chi connectivity index (χ2v) is 6.91. The number of nitrogens with one attached hydrogen (secondary N) is 1. The van der Waals surface area contributed by atoms with Crippen molar-refractivity contribution in [3.8, 4) is 11.5 Å². The zero-order valence-electron chi connectivity index (χ0n) is 16.4. The van der Waals surface area contributed by atoms with Gasteiger partial charge in [0.25, 0.3) is 5.91 Å². The molecule has 0 atom stereocenters. The fraction of sp³-hybridized carbons (Fsp3) is 0.208. The summed E-state index contributed by atoms with van der Waals surface area (Å²) in [7, 11) is 0. The Bertz CT molecular complexity index is 924. The predicted octanol–water partition coefficient (Wildman–Crippen LogP) is 5.29. The molecule has 29 heavy (non-hydrogen) atoms. The highest BCUT2D eigenvalue weighted by molar-refractivity contribution is 6.31. The van der Waals surface area contributed by atoms with Crippen LogP contribution < -0.4 is 14.8 Å². The van der Waals surface area contributed by atoms with Crippen molar-refractivity contribution in [1.29, 1.82) is 0 Å². The van der Waals surface area contributed by atoms with Gasteiger partial charge in [0.05, 0.1) is 6.54 Å². The molecule has 150 valence electrons. The molecule has 0 aliphatic heterocycles. The molecule has 0 aliphatic carbocycles. The Morgan fingerprint density at radius 3 is 2.24 bits per heavy atom. The minimum Gasteiger partial charge on any atom is -0.492 e. The topological polar surface area (TPSA) is 47.6 Å². The van der Waals surface area contributed by atoms with Crippen LogP contribution in [-0.2, 0) is 13.0 Å². The molecule has 3 aromatic carbocycles. The van der Waals surface area contributed by atoms with Crippen molar-refractivity contribution >= 4 is 17.5 Å². The second kappa shape index (κ2) is 10.5. The van der Waals surface area contributed by atoms with Crippen LogP contribution in [0.2, 0.25) is 5.02 Å². The molecular formula is C24H24ClNO3. The van der Waals surface area contributed by atoms with Gasteiger partial charge in [0.2, 0.25) is 0 Å². The number of carbonyl (C=O) groups excluding carboxylic acids is 1. The van der Waals surface area contributed by atoms with Crippen LogP contribution in [-0.4, -0.2) is 19.1 Å². The normalized spacial score (nSPS) is 10.4. The number of halogens is 1. The Kier molecular flexibility index (Phi) is 7.54. The van der Waals surface area contributed by atoms with Crippen LogP contribution in [0.15, 0.2) is 72.8 Å². The standard InChI is InChI=1S/C24H24ClNO3/c1-2-18-7-11-21(12-8-18)28-16-15-26-24(27)19-9-13-22(14-10-19)29-17-20-5-3-4-6-23(20)25/h3-14H,2,15-17H2,1H3,(H,26,27). The molecule has 0 bridgehead atoms. The molecule has 0 aliphatic rings. The van der Waals surface area contributed by atoms with E-state index in [1.165, 1.54) is 5.56 Å². The van der Waals surface area contributed by atoms with Crippen molar-refractivity contribution in [3.63, 3.8) is 0 Å². The fourth-order valence-electron chi connectivity index (χ4n) is 2.74. The maximum atomic E-state index is 12.2. The monoisotopic (exact) mass is 409 g/mol. The van der Waals surface area contributed by atoms with Crippen molar-refractivity contribution < 1.29 is 14.3 Å². The van der Waals surface area contributed by atoms with E-state index in [-0.39, 0.29) is 5.91 Å². The van der Waals surface area contributed by atoms with Crippen molar-refractivity contribution in [2.24, 2.45) is 0 Å². The lowest BCUT2D eigenvalue weighted by Crippen LogP contribution is -2.28. The highest BCUT2D eigenvalue weighted by Gasteiger charge is 2.06. The van der Waals surface area contributed by atoms with Crippen LogP contribution in [0.5, 0.6) is 11.5 Å². The van der Waals surface area contributed by atoms with E-state index >= 15 is 0 Å². The third kappa shape index (κ3) is 6.26. The Labute approximate surface area is 176 Å². The first kappa shape index (κ1) is 20.7. The molecular weight excluding hydrogens is 386 g/mol. The van der Waals surface area contributed by atoms with Gasteiger partial charge in [-0.05, 0) is 54.4 Å². The SMILES string of the molecule is CCc1ccc(OCCNC(=O)c2ccc(OCc3ccccc3Cl)cc2)cc1. The summed E-state index contributed by atoms with van der Waals surface area (Å²) in [4.78, 5) is 12.2. The number of carbonyl (C=O) groups is 1. The molecule has 3 aromatic rings. The molecule has 0 radical (unpaired) electrons. The molecule has 3 rings (SSSR count). The lowest BCUT2D eigenvalue weighted by atomic mass is 10.2. The van der Waals surface area contributed by atoms with Gasteiger partial charge in [-0.25, -0.2) is 0 Å². The van der Waals surface area contributed by atoms with Gasteiger partial charge in [-0.1, -0.05) is 48.9 Å². The zero-order valence-corrected chi connectivity index (χ0v) is 17.1. The first-order valence-electron chi connectivity index (χ1n) is 9.62. The summed E-state index contributed by atoms with van der Waals surface area (Å²) in [5.41, 5.74) is 2.76. The third-order valence-corrected chi connectivity index (χ3v) is 4.83. The maximum absolute atomic E-state index is 12.2. The molecule has 0 saturated heterocycles. The molecule has 0 heterocycles. The minimum atomic E-state index is -0.146. The van der Waals surface area contributed by atoms with E-state index in [0.717, 1.165) is 17.7 Å². The fourth-order valence-corrected chi connectivity index (χ4v) is 2.93. The molecule has 0 saturated carbocycles. The molecule has 0 spiro atoms. The number of rotatable bonds is 9. The van der Waals surface area contributed by atoms with E-state index in [9.17, 15) is 4.79 Å². The number of amides is 1. The second-order valence-electron chi connectivity index (χ2n) is 6.51. The van der Waals surface area contributed by atoms with Gasteiger partial charge in [-0.3, -0.25) is 4.79 Å². The highest BCUT2D eigenvalue weighted by atomic mass is 35.5. The van der Waals surface area contributed by atoms with Gasteiger partial charge >= 0.3 is 0 Å². The quantitative estimate of drug-likeness (QED) is 0.488. The van der Waals surface area contributed by atoms with Gasteiger partial charge in [0.15, 0.2) is 0 Å². The lowest BCUT2D eigenvalue weighted by Gasteiger charge is -2.10. The van der Waals surface area contributed by atoms with Gasteiger partial charge in [-0.15, -0.1) is 0 Å². The van der Waals surface area contributed by atoms with E-state index in [1.807, 2.05) is 48.5 Å². The van der Waals surface area contributed by atoms with E-state index in [1.54, 1.807) is 24.3 Å². The first-order valence-corrected chi connectivity index (χ1v) is 9.99. The summed E-state index contributed by atoms with van der Waals surface area (Å²) in [5.74, 6) is 1.34. The van der Waals surface area contributed by atoms with Crippen molar-refractivity contribution in [2.75, 3.05) is 13.2 Å². The van der Waals surface area contributed by atoms with Crippen molar-refractivity contribution in [3.05, 3.63) is 94.5 Å². The van der Waals surface area contributed by atoms with Gasteiger partial charge in [-0.2, -0.15) is 0 Å². The number of ether oxygens (including phenoxy) is 2. The van der Waals surface area contributed by atoms with Gasteiger partial charge < -0.3 is 14.8 Å². The van der Waals surface area contributed by atoms with Gasteiger partial charge in [0.1, 0.15) is 24.7 Å². The number of benzene rings is 3. The summed E-state index contributed by atoms with van der Waals surface area (Å²) < 4.78 is 11.4. The minimum absolute atomic E-state index is 0.146. The molecule has 4 nitrogen and oxygen atoms in total. The Morgan fingerprint density at radius 2 is 1.55 bits per heavy atom. The molecule has 0 unspecified atom stereocenters. The largest absolute Gasteiger partial charge is 0.492 e. The zero-order chi connectivity index (χ0) is 20.5. The van der Waals surface area contributed by atoms with Crippen LogP contribution in [0.4, 0.5) is 0 Å². The van der Waals surface area contributed by atoms with Gasteiger partial charge in [0, 0.05) is 16.1 Å². The van der Waals surface area contributed by atoms with Crippen LogP contribution in [0.25, 0.3) is 0 Å². The van der Waals surface area contributed by atoms with Crippen LogP contribution in [0.1, 0.15) is 28.4 Å². The van der Waals surface area contributed by atoms with E-state index in [0.29, 0.717) is 36.1 Å². The molecule has 1 amide bonds. The average Bonchev–Trinajstić information content (AvgIpc) is 2.77. The Morgan fingerprint density at radius 1 is 0.897 bits per heavy atom. The summed E-state index contributed by atoms with van der Waals surface area (Å²) in [6.07, 6.45) is 1.00. The molecule has 5 heteroatoms. The Hall–Kier alpha value is -2.98. The summed E-state index contributed by atoms with van der Waals surface area (Å²) >= 11 is 6.13. The first-order chi connectivity index (χ1) is 14.2. The predicted molar refractivity (Wildman–Crippen MR) is 116 cm³/mol. The highest BCUT2D eigenvalue weighted by Crippen LogP contribution is 2.19. The molecule has 1 N–H and O–H groups in total. The van der Waals surface area contributed by atoms with Crippen molar-refractivity contribution in [1.82, 2.24) is 5.32 Å². The number of hydrogen-bond donors (Lipinski definition) is 1. The van der Waals surface area contributed by atoms with Crippen LogP contribution in [0, 0.1) is 0 Å². The summed E-state index contributed by atoms with van der Waals surface area (Å²) in [6, 6.07) is 22.6. The third-order valence-electron chi connectivity index (χ3n) is 4.46. The number of hydrogen-bond acceptors (Lipinski definition) is 3. The van der Waals surface area contributed by atoms with E-state index in [2.05, 4.69) is 12.2 Å². The van der Waals surface area contributed by atoms with Crippen LogP contribution in [0.3, 0.4) is 0 Å². The average molecular weight is 410 g/mol. The summed E-state index contributed by atoms with van der Waals surface area (Å²) in [6.45, 7) is 3.33. The Balaban J connectivity index is 1.42. The van der Waals surface area contributed by atoms with Crippen LogP contribution >= 0.6 is 11.6 Å². The molecule has 0 fully saturated rings. The lowest BCUT2D eigenvalue weighted by molar-refractivity contribution is 0.0947. The van der Waals surface area contributed by atoms with E-state index in [4.69, 9.17) is 21.1 Å². The summed E-state index contributed by atoms with van der Waals surface area (Å²) in [5, 5.41) is 3.53. The van der Waals surface area contributed by atoms with Crippen molar-refractivity contribution in [2.45, 2.75) is 20.0 Å². The maximum Gasteiger partial charge on any atom is 0.251 e. The van der Waals surface area contributed by atoms with E-state index < -0.39 is 0 Å². The smallest absolute Gasteiger partial charge is 0.251 e. The number of aryl methyl sites for hydroxylation is 1. The molecule has 0 aromatic heterocycles.